The molecule has 3 rings (SSSR count). The lowest BCUT2D eigenvalue weighted by molar-refractivity contribution is 0.0640. The Bertz CT molecular complexity index is 1220. The Kier molecular flexibility index (Phi) is 5.25. The first kappa shape index (κ1) is 20.3. The summed E-state index contributed by atoms with van der Waals surface area (Å²) in [6.07, 6.45) is 0.0378. The lowest BCUT2D eigenvalue weighted by Crippen LogP contribution is -2.18. The molecular formula is C18H16FN3O6S. The molecule has 0 spiro atoms. The third-order valence-electron chi connectivity index (χ3n) is 3.93. The van der Waals surface area contributed by atoms with Crippen molar-refractivity contribution in [1.29, 1.82) is 0 Å². The van der Waals surface area contributed by atoms with E-state index in [9.17, 15) is 22.4 Å². The van der Waals surface area contributed by atoms with Crippen LogP contribution in [-0.4, -0.2) is 31.7 Å². The molecule has 0 radical (unpaired) electrons. The smallest absolute Gasteiger partial charge is 0.412 e. The molecule has 0 saturated carbocycles. The normalized spacial score (nSPS) is 11.4. The van der Waals surface area contributed by atoms with Crippen LogP contribution in [0.1, 0.15) is 22.8 Å². The van der Waals surface area contributed by atoms with Crippen molar-refractivity contribution >= 4 is 39.0 Å². The molecule has 0 aliphatic heterocycles. The second-order valence-corrected chi connectivity index (χ2v) is 7.85. The van der Waals surface area contributed by atoms with Crippen LogP contribution in [0, 0.1) is 5.82 Å². The zero-order valence-corrected chi connectivity index (χ0v) is 16.2. The fourth-order valence-electron chi connectivity index (χ4n) is 2.75. The summed E-state index contributed by atoms with van der Waals surface area (Å²) in [6.45, 7) is 1.76. The quantitative estimate of drug-likeness (QED) is 0.476. The number of fused-ring (bicyclic) bond motifs is 1. The highest BCUT2D eigenvalue weighted by Crippen LogP contribution is 2.35. The molecule has 0 saturated heterocycles. The topological polar surface area (TPSA) is 142 Å². The molecule has 2 heterocycles. The molecule has 2 aromatic heterocycles. The van der Waals surface area contributed by atoms with Gasteiger partial charge in [-0.2, -0.15) is 4.98 Å². The average molecular weight is 421 g/mol. The van der Waals surface area contributed by atoms with E-state index in [0.717, 1.165) is 18.4 Å². The van der Waals surface area contributed by atoms with E-state index in [2.05, 4.69) is 14.4 Å². The molecule has 0 unspecified atom stereocenters. The van der Waals surface area contributed by atoms with E-state index in [1.165, 1.54) is 18.2 Å². The van der Waals surface area contributed by atoms with Crippen LogP contribution in [0.15, 0.2) is 34.7 Å². The van der Waals surface area contributed by atoms with Crippen LogP contribution < -0.4 is 10.5 Å². The summed E-state index contributed by atoms with van der Waals surface area (Å²) >= 11 is 0. The first-order chi connectivity index (χ1) is 13.6. The number of esters is 1. The maximum atomic E-state index is 13.3. The fraction of sp³-hybridized carbons (Fsp3) is 0.167. The van der Waals surface area contributed by atoms with Crippen molar-refractivity contribution in [1.82, 2.24) is 4.98 Å². The van der Waals surface area contributed by atoms with E-state index in [0.29, 0.717) is 17.5 Å². The minimum absolute atomic E-state index is 0.0303. The van der Waals surface area contributed by atoms with Crippen molar-refractivity contribution in [3.63, 3.8) is 0 Å². The fourth-order valence-corrected chi connectivity index (χ4v) is 3.28. The number of nitrogens with one attached hydrogen (secondary N) is 1. The molecule has 0 aliphatic rings. The molecule has 11 heteroatoms. The number of anilines is 1. The van der Waals surface area contributed by atoms with Gasteiger partial charge < -0.3 is 14.9 Å². The first-order valence-corrected chi connectivity index (χ1v) is 10.2. The SMILES string of the molecule is CCc1cc2c(C(=O)OC(N)=O)c(-c3ccc(F)cc3)oc2nc1NS(C)(=O)=O. The number of nitrogens with two attached hydrogens (primary N) is 1. The van der Waals surface area contributed by atoms with Crippen molar-refractivity contribution in [3.8, 4) is 11.3 Å². The first-order valence-electron chi connectivity index (χ1n) is 8.30. The number of aryl methyl sites for hydroxylation is 1. The van der Waals surface area contributed by atoms with Gasteiger partial charge in [0.25, 0.3) is 0 Å². The Labute approximate surface area is 164 Å². The number of amides is 1. The molecule has 9 nitrogen and oxygen atoms in total. The molecule has 0 bridgehead atoms. The molecule has 0 aliphatic carbocycles. The van der Waals surface area contributed by atoms with Crippen LogP contribution >= 0.6 is 0 Å². The van der Waals surface area contributed by atoms with E-state index in [1.54, 1.807) is 6.92 Å². The number of sulfonamides is 1. The number of pyridine rings is 1. The largest absolute Gasteiger partial charge is 0.437 e. The van der Waals surface area contributed by atoms with Crippen molar-refractivity contribution in [2.24, 2.45) is 5.73 Å². The summed E-state index contributed by atoms with van der Waals surface area (Å²) in [5.41, 5.74) is 5.52. The van der Waals surface area contributed by atoms with Gasteiger partial charge in [0.2, 0.25) is 15.7 Å². The number of hydrogen-bond donors (Lipinski definition) is 2. The van der Waals surface area contributed by atoms with Gasteiger partial charge in [-0.1, -0.05) is 6.92 Å². The third kappa shape index (κ3) is 4.35. The number of benzene rings is 1. The molecule has 3 N–H and O–H groups in total. The summed E-state index contributed by atoms with van der Waals surface area (Å²) in [5, 5.41) is 0.187. The van der Waals surface area contributed by atoms with E-state index in [-0.39, 0.29) is 28.2 Å². The van der Waals surface area contributed by atoms with Gasteiger partial charge in [-0.15, -0.1) is 0 Å². The average Bonchev–Trinajstić information content (AvgIpc) is 2.98. The Morgan fingerprint density at radius 1 is 1.28 bits per heavy atom. The lowest BCUT2D eigenvalue weighted by atomic mass is 10.0. The van der Waals surface area contributed by atoms with Gasteiger partial charge >= 0.3 is 12.1 Å². The number of ether oxygens (including phenoxy) is 1. The van der Waals surface area contributed by atoms with E-state index in [4.69, 9.17) is 10.2 Å². The van der Waals surface area contributed by atoms with Crippen LogP contribution in [0.25, 0.3) is 22.4 Å². The molecule has 1 aromatic carbocycles. The Hall–Kier alpha value is -3.47. The number of primary amides is 1. The van der Waals surface area contributed by atoms with E-state index < -0.39 is 27.9 Å². The number of aromatic nitrogens is 1. The summed E-state index contributed by atoms with van der Waals surface area (Å²) in [7, 11) is -3.62. The van der Waals surface area contributed by atoms with Crippen molar-refractivity contribution in [2.45, 2.75) is 13.3 Å². The van der Waals surface area contributed by atoms with Crippen LogP contribution in [0.3, 0.4) is 0 Å². The van der Waals surface area contributed by atoms with Gasteiger partial charge in [0, 0.05) is 5.56 Å². The van der Waals surface area contributed by atoms with Gasteiger partial charge in [-0.25, -0.2) is 22.4 Å². The maximum Gasteiger partial charge on any atom is 0.412 e. The summed E-state index contributed by atoms with van der Waals surface area (Å²) in [5.74, 6) is -1.57. The number of nitrogens with zero attached hydrogens (tertiary/aromatic N) is 1. The number of hydrogen-bond acceptors (Lipinski definition) is 7. The van der Waals surface area contributed by atoms with Crippen molar-refractivity contribution in [2.75, 3.05) is 11.0 Å². The lowest BCUT2D eigenvalue weighted by Gasteiger charge is -2.08. The van der Waals surface area contributed by atoms with E-state index >= 15 is 0 Å². The predicted molar refractivity (Wildman–Crippen MR) is 102 cm³/mol. The zero-order valence-electron chi connectivity index (χ0n) is 15.4. The Balaban J connectivity index is 2.29. The molecule has 152 valence electrons. The minimum Gasteiger partial charge on any atom is -0.437 e. The van der Waals surface area contributed by atoms with E-state index in [1.807, 2.05) is 0 Å². The highest BCUT2D eigenvalue weighted by atomic mass is 32.2. The van der Waals surface area contributed by atoms with Gasteiger partial charge in [-0.05, 0) is 42.3 Å². The number of carbonyl (C=O) groups is 2. The molecule has 0 fully saturated rings. The maximum absolute atomic E-state index is 13.3. The van der Waals surface area contributed by atoms with Crippen LogP contribution in [-0.2, 0) is 21.2 Å². The Morgan fingerprint density at radius 2 is 1.93 bits per heavy atom. The number of carbonyl (C=O) groups excluding carboxylic acids is 2. The minimum atomic E-state index is -3.62. The van der Waals surface area contributed by atoms with Gasteiger partial charge in [0.05, 0.1) is 11.6 Å². The number of rotatable bonds is 5. The monoisotopic (exact) mass is 421 g/mol. The Morgan fingerprint density at radius 3 is 2.48 bits per heavy atom. The van der Waals surface area contributed by atoms with Crippen LogP contribution in [0.2, 0.25) is 0 Å². The van der Waals surface area contributed by atoms with Crippen LogP contribution in [0.5, 0.6) is 0 Å². The highest BCUT2D eigenvalue weighted by Gasteiger charge is 2.27. The summed E-state index contributed by atoms with van der Waals surface area (Å²) in [6, 6.07) is 6.56. The van der Waals surface area contributed by atoms with Gasteiger partial charge in [0.1, 0.15) is 17.2 Å². The second kappa shape index (κ2) is 7.51. The molecule has 0 atom stereocenters. The zero-order chi connectivity index (χ0) is 21.3. The summed E-state index contributed by atoms with van der Waals surface area (Å²) < 4.78 is 49.0. The standard InChI is InChI=1S/C18H16FN3O6S/c1-3-9-8-12-13(17(23)28-18(20)24)14(10-4-6-11(19)7-5-10)27-16(12)21-15(9)22-29(2,25)26/h4-8H,3H2,1-2H3,(H2,20,24)(H,21,22). The van der Waals surface area contributed by atoms with Crippen molar-refractivity contribution < 1.29 is 31.6 Å². The number of halogens is 1. The highest BCUT2D eigenvalue weighted by molar-refractivity contribution is 7.92. The van der Waals surface area contributed by atoms with Crippen LogP contribution in [0.4, 0.5) is 15.0 Å². The molecule has 29 heavy (non-hydrogen) atoms. The predicted octanol–water partition coefficient (Wildman–Crippen LogP) is 2.80. The second-order valence-electron chi connectivity index (χ2n) is 6.10. The number of furan rings is 1. The van der Waals surface area contributed by atoms with Gasteiger partial charge in [0.15, 0.2) is 5.76 Å². The molecular weight excluding hydrogens is 405 g/mol. The molecule has 3 aromatic rings. The van der Waals surface area contributed by atoms with Gasteiger partial charge in [-0.3, -0.25) is 4.72 Å². The summed E-state index contributed by atoms with van der Waals surface area (Å²) in [4.78, 5) is 27.7. The molecule has 1 amide bonds. The van der Waals surface area contributed by atoms with Crippen molar-refractivity contribution in [3.05, 3.63) is 47.3 Å². The third-order valence-corrected chi connectivity index (χ3v) is 4.49.